The van der Waals surface area contributed by atoms with Crippen LogP contribution in [0.15, 0.2) is 46.9 Å². The lowest BCUT2D eigenvalue weighted by Gasteiger charge is -2.28. The molecule has 0 aliphatic carbocycles. The lowest BCUT2D eigenvalue weighted by Crippen LogP contribution is -2.47. The molecule has 2 aromatic carbocycles. The summed E-state index contributed by atoms with van der Waals surface area (Å²) in [6, 6.07) is 11.8. The normalized spacial score (nSPS) is 19.9. The molecule has 0 fully saturated rings. The van der Waals surface area contributed by atoms with Crippen LogP contribution in [0.4, 0.5) is 5.69 Å². The predicted molar refractivity (Wildman–Crippen MR) is 110 cm³/mol. The van der Waals surface area contributed by atoms with Crippen molar-refractivity contribution in [3.05, 3.63) is 63.1 Å². The number of fused-ring (bicyclic) bond motifs is 1. The van der Waals surface area contributed by atoms with E-state index < -0.39 is 17.4 Å². The summed E-state index contributed by atoms with van der Waals surface area (Å²) in [5.74, 6) is -1.68. The number of amides is 1. The molecule has 0 spiro atoms. The molecule has 1 aliphatic heterocycles. The molecule has 0 saturated heterocycles. The Morgan fingerprint density at radius 2 is 1.93 bits per heavy atom. The van der Waals surface area contributed by atoms with Gasteiger partial charge in [-0.05, 0) is 48.9 Å². The zero-order valence-electron chi connectivity index (χ0n) is 15.2. The number of ketones is 1. The van der Waals surface area contributed by atoms with E-state index in [0.717, 1.165) is 17.3 Å². The van der Waals surface area contributed by atoms with Crippen LogP contribution >= 0.6 is 27.5 Å². The number of hydrogen-bond donors (Lipinski definition) is 1. The van der Waals surface area contributed by atoms with Crippen molar-refractivity contribution >= 4 is 44.9 Å². The maximum absolute atomic E-state index is 13.2. The van der Waals surface area contributed by atoms with Gasteiger partial charge < -0.3 is 10.0 Å². The number of anilines is 1. The number of hydrogen-bond acceptors (Lipinski definition) is 3. The largest absolute Gasteiger partial charge is 0.375 e. The van der Waals surface area contributed by atoms with Gasteiger partial charge in [0.25, 0.3) is 5.91 Å². The van der Waals surface area contributed by atoms with Gasteiger partial charge in [0.15, 0.2) is 11.4 Å². The van der Waals surface area contributed by atoms with E-state index >= 15 is 0 Å². The summed E-state index contributed by atoms with van der Waals surface area (Å²) in [6.45, 7) is 4.15. The highest BCUT2D eigenvalue weighted by Crippen LogP contribution is 2.46. The lowest BCUT2D eigenvalue weighted by atomic mass is 9.79. The second-order valence-electron chi connectivity index (χ2n) is 6.83. The summed E-state index contributed by atoms with van der Waals surface area (Å²) in [7, 11) is 0. The van der Waals surface area contributed by atoms with Crippen LogP contribution < -0.4 is 4.90 Å². The molecule has 0 bridgehead atoms. The number of nitrogens with zero attached hydrogens (tertiary/aromatic N) is 1. The number of rotatable bonds is 6. The molecule has 0 saturated carbocycles. The Labute approximate surface area is 172 Å². The maximum atomic E-state index is 13.2. The number of benzene rings is 2. The van der Waals surface area contributed by atoms with Gasteiger partial charge in [0.2, 0.25) is 0 Å². The van der Waals surface area contributed by atoms with Crippen LogP contribution in [0, 0.1) is 5.92 Å². The van der Waals surface area contributed by atoms with E-state index in [1.807, 2.05) is 19.1 Å². The van der Waals surface area contributed by atoms with Crippen LogP contribution in [-0.2, 0) is 10.4 Å². The zero-order chi connectivity index (χ0) is 19.8. The molecule has 0 radical (unpaired) electrons. The van der Waals surface area contributed by atoms with Crippen molar-refractivity contribution in [3.8, 4) is 0 Å². The third-order valence-electron chi connectivity index (χ3n) is 5.12. The van der Waals surface area contributed by atoms with E-state index in [0.29, 0.717) is 28.4 Å². The molecule has 1 heterocycles. The highest BCUT2D eigenvalue weighted by Gasteiger charge is 2.55. The first-order valence-electron chi connectivity index (χ1n) is 8.94. The van der Waals surface area contributed by atoms with E-state index in [-0.39, 0.29) is 5.78 Å². The van der Waals surface area contributed by atoms with Gasteiger partial charge >= 0.3 is 0 Å². The fourth-order valence-corrected chi connectivity index (χ4v) is 3.98. The van der Waals surface area contributed by atoms with Crippen LogP contribution in [-0.4, -0.2) is 23.3 Å². The van der Waals surface area contributed by atoms with Crippen molar-refractivity contribution in [2.75, 3.05) is 11.4 Å². The molecule has 1 N–H and O–H groups in total. The molecule has 4 nitrogen and oxygen atoms in total. The second-order valence-corrected chi connectivity index (χ2v) is 8.18. The SMILES string of the molecule is CCCCN1C(=O)C(O)(C(C)C(=O)c2ccc(Cl)cc2)c2cc(Br)ccc21. The number of carbonyl (C=O) groups is 2. The Balaban J connectivity index is 2.04. The Morgan fingerprint density at radius 3 is 2.56 bits per heavy atom. The van der Waals surface area contributed by atoms with Gasteiger partial charge in [-0.15, -0.1) is 0 Å². The van der Waals surface area contributed by atoms with E-state index in [9.17, 15) is 14.7 Å². The van der Waals surface area contributed by atoms with Crippen LogP contribution in [0.25, 0.3) is 0 Å². The summed E-state index contributed by atoms with van der Waals surface area (Å²) in [5.41, 5.74) is -0.358. The smallest absolute Gasteiger partial charge is 0.264 e. The topological polar surface area (TPSA) is 57.6 Å². The number of unbranched alkanes of at least 4 members (excludes halogenated alkanes) is 1. The molecular formula is C21H21BrClNO3. The standard InChI is InChI=1S/C21H21BrClNO3/c1-3-4-11-24-18-10-7-15(22)12-17(18)21(27,20(24)26)13(2)19(25)14-5-8-16(23)9-6-14/h5-10,12-13,27H,3-4,11H2,1-2H3. The summed E-state index contributed by atoms with van der Waals surface area (Å²) in [5, 5.41) is 12.0. The third-order valence-corrected chi connectivity index (χ3v) is 5.86. The molecule has 2 aromatic rings. The molecule has 1 aliphatic rings. The van der Waals surface area contributed by atoms with Gasteiger partial charge in [0.05, 0.1) is 11.6 Å². The van der Waals surface area contributed by atoms with Crippen LogP contribution in [0.2, 0.25) is 5.02 Å². The van der Waals surface area contributed by atoms with Crippen molar-refractivity contribution in [2.24, 2.45) is 5.92 Å². The molecule has 1 amide bonds. The van der Waals surface area contributed by atoms with E-state index in [1.54, 1.807) is 42.2 Å². The van der Waals surface area contributed by atoms with E-state index in [2.05, 4.69) is 15.9 Å². The number of carbonyl (C=O) groups excluding carboxylic acids is 2. The van der Waals surface area contributed by atoms with Crippen molar-refractivity contribution in [3.63, 3.8) is 0 Å². The van der Waals surface area contributed by atoms with Crippen LogP contribution in [0.5, 0.6) is 0 Å². The average molecular weight is 451 g/mol. The quantitative estimate of drug-likeness (QED) is 0.633. The van der Waals surface area contributed by atoms with Crippen molar-refractivity contribution in [1.29, 1.82) is 0 Å². The number of halogens is 2. The molecule has 3 rings (SSSR count). The predicted octanol–water partition coefficient (Wildman–Crippen LogP) is 4.96. The Morgan fingerprint density at radius 1 is 1.26 bits per heavy atom. The van der Waals surface area contributed by atoms with Crippen LogP contribution in [0.1, 0.15) is 42.6 Å². The summed E-state index contributed by atoms with van der Waals surface area (Å²) < 4.78 is 0.746. The second kappa shape index (κ2) is 7.74. The van der Waals surface area contributed by atoms with Gasteiger partial charge in [0.1, 0.15) is 0 Å². The van der Waals surface area contributed by atoms with Gasteiger partial charge in [-0.1, -0.05) is 47.8 Å². The molecule has 27 heavy (non-hydrogen) atoms. The summed E-state index contributed by atoms with van der Waals surface area (Å²) in [4.78, 5) is 27.8. The monoisotopic (exact) mass is 449 g/mol. The van der Waals surface area contributed by atoms with Crippen molar-refractivity contribution in [1.82, 2.24) is 0 Å². The Kier molecular flexibility index (Phi) is 5.75. The maximum Gasteiger partial charge on any atom is 0.264 e. The highest BCUT2D eigenvalue weighted by molar-refractivity contribution is 9.10. The lowest BCUT2D eigenvalue weighted by molar-refractivity contribution is -0.139. The molecule has 2 unspecified atom stereocenters. The average Bonchev–Trinajstić information content (AvgIpc) is 2.87. The molecule has 2 atom stereocenters. The summed E-state index contributed by atoms with van der Waals surface area (Å²) >= 11 is 9.31. The van der Waals surface area contributed by atoms with Crippen molar-refractivity contribution < 1.29 is 14.7 Å². The van der Waals surface area contributed by atoms with Crippen molar-refractivity contribution in [2.45, 2.75) is 32.3 Å². The number of Topliss-reactive ketones (excluding diaryl/α,β-unsaturated/α-hetero) is 1. The molecular weight excluding hydrogens is 430 g/mol. The highest BCUT2D eigenvalue weighted by atomic mass is 79.9. The fourth-order valence-electron chi connectivity index (χ4n) is 3.49. The first-order chi connectivity index (χ1) is 12.8. The zero-order valence-corrected chi connectivity index (χ0v) is 17.5. The van der Waals surface area contributed by atoms with Gasteiger partial charge in [-0.2, -0.15) is 0 Å². The minimum atomic E-state index is -1.90. The van der Waals surface area contributed by atoms with E-state index in [4.69, 9.17) is 11.6 Å². The number of aliphatic hydroxyl groups is 1. The molecule has 0 aromatic heterocycles. The molecule has 142 valence electrons. The minimum Gasteiger partial charge on any atom is -0.375 e. The van der Waals surface area contributed by atoms with Gasteiger partial charge in [0, 0.05) is 27.2 Å². The summed E-state index contributed by atoms with van der Waals surface area (Å²) in [6.07, 6.45) is 1.74. The Bertz CT molecular complexity index is 883. The van der Waals surface area contributed by atoms with E-state index in [1.165, 1.54) is 0 Å². The first kappa shape index (κ1) is 20.1. The minimum absolute atomic E-state index is 0.300. The Hall–Kier alpha value is -1.69. The molecule has 6 heteroatoms. The van der Waals surface area contributed by atoms with Gasteiger partial charge in [-0.3, -0.25) is 9.59 Å². The first-order valence-corrected chi connectivity index (χ1v) is 10.1. The third kappa shape index (κ3) is 3.44. The van der Waals surface area contributed by atoms with Gasteiger partial charge in [-0.25, -0.2) is 0 Å². The van der Waals surface area contributed by atoms with Crippen LogP contribution in [0.3, 0.4) is 0 Å². The fraction of sp³-hybridized carbons (Fsp3) is 0.333.